The highest BCUT2D eigenvalue weighted by Crippen LogP contribution is 2.34. The fraction of sp³-hybridized carbons (Fsp3) is 0.556. The number of benzene rings is 1. The van der Waals surface area contributed by atoms with Crippen molar-refractivity contribution in [3.05, 3.63) is 23.8 Å². The van der Waals surface area contributed by atoms with Crippen LogP contribution in [0.3, 0.4) is 0 Å². The molecule has 0 aromatic heterocycles. The molecule has 0 fully saturated rings. The number of carbonyl (C=O) groups excluding carboxylic acids is 2. The van der Waals surface area contributed by atoms with Crippen LogP contribution in [0.15, 0.2) is 23.1 Å². The van der Waals surface area contributed by atoms with E-state index in [9.17, 15) is 18.0 Å². The van der Waals surface area contributed by atoms with E-state index >= 15 is 0 Å². The number of sulfonamides is 1. The van der Waals surface area contributed by atoms with Crippen LogP contribution in [0.25, 0.3) is 0 Å². The molecular weight excluding hydrogens is 354 g/mol. The second kappa shape index (κ2) is 8.18. The largest absolute Gasteiger partial charge is 0.354 e. The molecule has 1 unspecified atom stereocenters. The van der Waals surface area contributed by atoms with E-state index in [0.29, 0.717) is 37.3 Å². The van der Waals surface area contributed by atoms with Gasteiger partial charge in [-0.25, -0.2) is 8.42 Å². The molecule has 0 spiro atoms. The normalized spacial score (nSPS) is 16.7. The molecule has 1 aromatic rings. The van der Waals surface area contributed by atoms with Crippen molar-refractivity contribution < 1.29 is 18.0 Å². The quantitative estimate of drug-likeness (QED) is 0.776. The number of rotatable bonds is 7. The summed E-state index contributed by atoms with van der Waals surface area (Å²) in [5, 5.41) is 2.82. The number of hydrogen-bond donors (Lipinski definition) is 1. The van der Waals surface area contributed by atoms with Crippen LogP contribution in [0.5, 0.6) is 0 Å². The van der Waals surface area contributed by atoms with Crippen LogP contribution >= 0.6 is 0 Å². The molecular formula is C18H27N3O4S. The fourth-order valence-electron chi connectivity index (χ4n) is 3.27. The molecule has 0 aliphatic carbocycles. The van der Waals surface area contributed by atoms with Gasteiger partial charge in [0.25, 0.3) is 0 Å². The lowest BCUT2D eigenvalue weighted by Gasteiger charge is -2.23. The Kier molecular flexibility index (Phi) is 6.41. The van der Waals surface area contributed by atoms with E-state index in [-0.39, 0.29) is 16.7 Å². The molecule has 0 radical (unpaired) electrons. The summed E-state index contributed by atoms with van der Waals surface area (Å²) in [6.45, 7) is 8.26. The fourth-order valence-corrected chi connectivity index (χ4v) is 4.78. The molecule has 0 saturated heterocycles. The van der Waals surface area contributed by atoms with E-state index < -0.39 is 16.1 Å². The molecule has 1 aromatic carbocycles. The van der Waals surface area contributed by atoms with E-state index in [0.717, 1.165) is 6.42 Å². The zero-order chi connectivity index (χ0) is 19.5. The van der Waals surface area contributed by atoms with Gasteiger partial charge in [0.15, 0.2) is 0 Å². The first kappa shape index (κ1) is 20.4. The summed E-state index contributed by atoms with van der Waals surface area (Å²) in [6, 6.07) is 4.08. The number of nitrogens with zero attached hydrogens (tertiary/aromatic N) is 2. The van der Waals surface area contributed by atoms with Crippen LogP contribution in [0.2, 0.25) is 0 Å². The van der Waals surface area contributed by atoms with E-state index in [4.69, 9.17) is 0 Å². The van der Waals surface area contributed by atoms with Crippen LogP contribution in [0.4, 0.5) is 5.69 Å². The number of hydrogen-bond acceptors (Lipinski definition) is 4. The van der Waals surface area contributed by atoms with E-state index in [1.807, 2.05) is 6.92 Å². The van der Waals surface area contributed by atoms with Crippen LogP contribution < -0.4 is 10.2 Å². The minimum Gasteiger partial charge on any atom is -0.354 e. The summed E-state index contributed by atoms with van der Waals surface area (Å²) >= 11 is 0. The summed E-state index contributed by atoms with van der Waals surface area (Å²) in [4.78, 5) is 26.2. The van der Waals surface area contributed by atoms with E-state index in [2.05, 4.69) is 5.32 Å². The van der Waals surface area contributed by atoms with Crippen LogP contribution in [0.1, 0.15) is 39.7 Å². The molecule has 144 valence electrons. The van der Waals surface area contributed by atoms with Crippen molar-refractivity contribution in [1.82, 2.24) is 9.62 Å². The molecule has 2 rings (SSSR count). The maximum atomic E-state index is 12.7. The van der Waals surface area contributed by atoms with Crippen LogP contribution in [-0.4, -0.2) is 50.2 Å². The molecule has 1 heterocycles. The van der Waals surface area contributed by atoms with Gasteiger partial charge >= 0.3 is 0 Å². The molecule has 1 N–H and O–H groups in total. The lowest BCUT2D eigenvalue weighted by Crippen LogP contribution is -2.47. The average Bonchev–Trinajstić information content (AvgIpc) is 2.99. The highest BCUT2D eigenvalue weighted by atomic mass is 32.2. The van der Waals surface area contributed by atoms with Gasteiger partial charge in [-0.3, -0.25) is 14.5 Å². The Morgan fingerprint density at radius 2 is 1.88 bits per heavy atom. The Balaban J connectivity index is 2.40. The van der Waals surface area contributed by atoms with Crippen molar-refractivity contribution in [2.75, 3.05) is 24.5 Å². The third kappa shape index (κ3) is 3.76. The van der Waals surface area contributed by atoms with E-state index in [1.54, 1.807) is 26.0 Å². The van der Waals surface area contributed by atoms with Gasteiger partial charge in [0, 0.05) is 38.7 Å². The molecule has 26 heavy (non-hydrogen) atoms. The molecule has 2 amide bonds. The van der Waals surface area contributed by atoms with Gasteiger partial charge in [-0.15, -0.1) is 0 Å². The van der Waals surface area contributed by atoms with Crippen molar-refractivity contribution in [3.63, 3.8) is 0 Å². The molecule has 1 atom stereocenters. The summed E-state index contributed by atoms with van der Waals surface area (Å²) < 4.78 is 26.9. The van der Waals surface area contributed by atoms with Crippen molar-refractivity contribution in [2.45, 2.75) is 51.5 Å². The highest BCUT2D eigenvalue weighted by molar-refractivity contribution is 7.89. The topological polar surface area (TPSA) is 86.8 Å². The highest BCUT2D eigenvalue weighted by Gasteiger charge is 2.37. The van der Waals surface area contributed by atoms with Gasteiger partial charge in [0.05, 0.1) is 4.90 Å². The van der Waals surface area contributed by atoms with Gasteiger partial charge in [-0.2, -0.15) is 4.31 Å². The number of amides is 2. The minimum atomic E-state index is -3.58. The molecule has 0 saturated carbocycles. The minimum absolute atomic E-state index is 0.193. The summed E-state index contributed by atoms with van der Waals surface area (Å²) in [5.41, 5.74) is 1.30. The number of carbonyl (C=O) groups is 2. The van der Waals surface area contributed by atoms with Gasteiger partial charge in [-0.05, 0) is 30.2 Å². The molecule has 8 heteroatoms. The predicted octanol–water partition coefficient (Wildman–Crippen LogP) is 1.52. The molecule has 0 bridgehead atoms. The lowest BCUT2D eigenvalue weighted by molar-refractivity contribution is -0.125. The third-order valence-corrected chi connectivity index (χ3v) is 6.62. The van der Waals surface area contributed by atoms with Gasteiger partial charge in [0.2, 0.25) is 21.8 Å². The Hall–Kier alpha value is -1.93. The smallest absolute Gasteiger partial charge is 0.243 e. The number of fused-ring (bicyclic) bond motifs is 1. The first-order chi connectivity index (χ1) is 12.3. The Morgan fingerprint density at radius 3 is 2.42 bits per heavy atom. The summed E-state index contributed by atoms with van der Waals surface area (Å²) in [6.07, 6.45) is 1.11. The Bertz CT molecular complexity index is 788. The SMILES string of the molecule is CCCNC(=O)C1Cc2cc(S(=O)(=O)N(CC)CC)ccc2N1C(C)=O. The third-order valence-electron chi connectivity index (χ3n) is 4.57. The van der Waals surface area contributed by atoms with Gasteiger partial charge in [0.1, 0.15) is 6.04 Å². The first-order valence-corrected chi connectivity index (χ1v) is 10.4. The lowest BCUT2D eigenvalue weighted by atomic mass is 10.1. The van der Waals surface area contributed by atoms with Crippen LogP contribution in [-0.2, 0) is 26.0 Å². The van der Waals surface area contributed by atoms with Gasteiger partial charge in [-0.1, -0.05) is 20.8 Å². The maximum Gasteiger partial charge on any atom is 0.243 e. The number of nitrogens with one attached hydrogen (secondary N) is 1. The summed E-state index contributed by atoms with van der Waals surface area (Å²) in [7, 11) is -3.58. The zero-order valence-electron chi connectivity index (χ0n) is 15.8. The maximum absolute atomic E-state index is 12.7. The second-order valence-corrected chi connectivity index (χ2v) is 8.22. The van der Waals surface area contributed by atoms with Crippen molar-refractivity contribution in [3.8, 4) is 0 Å². The van der Waals surface area contributed by atoms with Crippen molar-refractivity contribution >= 4 is 27.5 Å². The first-order valence-electron chi connectivity index (χ1n) is 8.98. The van der Waals surface area contributed by atoms with Crippen LogP contribution in [0, 0.1) is 0 Å². The standard InChI is InChI=1S/C18H27N3O4S/c1-5-10-19-18(23)17-12-14-11-15(26(24,25)20(6-2)7-3)8-9-16(14)21(17)13(4)22/h8-9,11,17H,5-7,10,12H2,1-4H3,(H,19,23). The van der Waals surface area contributed by atoms with Crippen molar-refractivity contribution in [2.24, 2.45) is 0 Å². The van der Waals surface area contributed by atoms with Gasteiger partial charge < -0.3 is 5.32 Å². The molecule has 1 aliphatic heterocycles. The Morgan fingerprint density at radius 1 is 1.23 bits per heavy atom. The zero-order valence-corrected chi connectivity index (χ0v) is 16.6. The number of anilines is 1. The predicted molar refractivity (Wildman–Crippen MR) is 101 cm³/mol. The summed E-state index contributed by atoms with van der Waals surface area (Å²) in [5.74, 6) is -0.453. The molecule has 1 aliphatic rings. The second-order valence-electron chi connectivity index (χ2n) is 6.28. The molecule has 7 nitrogen and oxygen atoms in total. The average molecular weight is 381 g/mol. The van der Waals surface area contributed by atoms with Crippen molar-refractivity contribution in [1.29, 1.82) is 0 Å². The Labute approximate surface area is 155 Å². The monoisotopic (exact) mass is 381 g/mol. The van der Waals surface area contributed by atoms with E-state index in [1.165, 1.54) is 22.2 Å².